The van der Waals surface area contributed by atoms with Gasteiger partial charge < -0.3 is 10.4 Å². The molecule has 90 valence electrons. The first kappa shape index (κ1) is 12.3. The van der Waals surface area contributed by atoms with Crippen LogP contribution < -0.4 is 5.32 Å². The van der Waals surface area contributed by atoms with Crippen molar-refractivity contribution >= 4 is 34.5 Å². The quantitative estimate of drug-likeness (QED) is 0.818. The minimum atomic E-state index is -1.12. The third kappa shape index (κ3) is 2.41. The molecule has 1 aromatic carbocycles. The van der Waals surface area contributed by atoms with Crippen molar-refractivity contribution in [2.24, 2.45) is 0 Å². The molecule has 0 radical (unpaired) electrons. The second-order valence-electron chi connectivity index (χ2n) is 3.97. The van der Waals surface area contributed by atoms with Crippen molar-refractivity contribution in [3.63, 3.8) is 0 Å². The van der Waals surface area contributed by atoms with E-state index in [2.05, 4.69) is 5.32 Å². The zero-order chi connectivity index (χ0) is 12.6. The molecule has 0 saturated heterocycles. The normalized spacial score (nSPS) is 16.4. The molecule has 17 heavy (non-hydrogen) atoms. The van der Waals surface area contributed by atoms with E-state index in [0.29, 0.717) is 22.0 Å². The van der Waals surface area contributed by atoms with Crippen LogP contribution in [0.3, 0.4) is 0 Å². The van der Waals surface area contributed by atoms with Crippen molar-refractivity contribution < 1.29 is 19.1 Å². The van der Waals surface area contributed by atoms with E-state index in [1.165, 1.54) is 18.2 Å². The van der Waals surface area contributed by atoms with Gasteiger partial charge in [0, 0.05) is 3.57 Å². The average molecular weight is 349 g/mol. The highest BCUT2D eigenvalue weighted by Gasteiger charge is 2.51. The summed E-state index contributed by atoms with van der Waals surface area (Å²) in [6.45, 7) is 0. The number of carboxylic acids is 1. The highest BCUT2D eigenvalue weighted by atomic mass is 127. The molecule has 2 rings (SSSR count). The van der Waals surface area contributed by atoms with E-state index in [0.717, 1.165) is 0 Å². The molecule has 1 saturated carbocycles. The number of amides is 1. The Morgan fingerprint density at radius 2 is 2.06 bits per heavy atom. The van der Waals surface area contributed by atoms with Crippen LogP contribution in [0.4, 0.5) is 4.39 Å². The van der Waals surface area contributed by atoms with Gasteiger partial charge in [0.1, 0.15) is 11.4 Å². The molecule has 1 aromatic rings. The fraction of sp³-hybridized carbons (Fsp3) is 0.273. The smallest absolute Gasteiger partial charge is 0.329 e. The van der Waals surface area contributed by atoms with E-state index in [9.17, 15) is 14.0 Å². The predicted molar refractivity (Wildman–Crippen MR) is 66.2 cm³/mol. The van der Waals surface area contributed by atoms with Gasteiger partial charge in [-0.05, 0) is 53.6 Å². The van der Waals surface area contributed by atoms with Gasteiger partial charge in [-0.15, -0.1) is 0 Å². The Labute approximate surface area is 110 Å². The number of carboxylic acid groups (broad SMARTS) is 1. The SMILES string of the molecule is O=C(NC1(C(=O)O)CC1)c1ccc(F)cc1I. The highest BCUT2D eigenvalue weighted by Crippen LogP contribution is 2.36. The first-order chi connectivity index (χ1) is 7.94. The summed E-state index contributed by atoms with van der Waals surface area (Å²) in [5, 5.41) is 11.4. The first-order valence-electron chi connectivity index (χ1n) is 4.95. The fourth-order valence-corrected chi connectivity index (χ4v) is 2.20. The fourth-order valence-electron chi connectivity index (χ4n) is 1.48. The Bertz CT molecular complexity index is 499. The van der Waals surface area contributed by atoms with E-state index < -0.39 is 23.2 Å². The van der Waals surface area contributed by atoms with Gasteiger partial charge in [0.2, 0.25) is 0 Å². The second kappa shape index (κ2) is 4.25. The van der Waals surface area contributed by atoms with Gasteiger partial charge >= 0.3 is 5.97 Å². The molecule has 6 heteroatoms. The molecule has 0 aliphatic heterocycles. The zero-order valence-corrected chi connectivity index (χ0v) is 10.8. The Balaban J connectivity index is 2.18. The van der Waals surface area contributed by atoms with Gasteiger partial charge in [-0.3, -0.25) is 4.79 Å². The van der Waals surface area contributed by atoms with Gasteiger partial charge in [-0.2, -0.15) is 0 Å². The number of nitrogens with one attached hydrogen (secondary N) is 1. The number of aliphatic carboxylic acids is 1. The van der Waals surface area contributed by atoms with Crippen molar-refractivity contribution in [2.45, 2.75) is 18.4 Å². The van der Waals surface area contributed by atoms with Gasteiger partial charge in [-0.1, -0.05) is 0 Å². The number of hydrogen-bond donors (Lipinski definition) is 2. The summed E-state index contributed by atoms with van der Waals surface area (Å²) < 4.78 is 13.3. The Kier molecular flexibility index (Phi) is 3.07. The van der Waals surface area contributed by atoms with E-state index in [1.807, 2.05) is 22.6 Å². The lowest BCUT2D eigenvalue weighted by Gasteiger charge is -2.13. The van der Waals surface area contributed by atoms with Crippen LogP contribution in [-0.2, 0) is 4.79 Å². The molecule has 1 aliphatic rings. The molecule has 1 aliphatic carbocycles. The van der Waals surface area contributed by atoms with Gasteiger partial charge in [0.05, 0.1) is 5.56 Å². The van der Waals surface area contributed by atoms with Crippen molar-refractivity contribution in [2.75, 3.05) is 0 Å². The summed E-state index contributed by atoms with van der Waals surface area (Å²) in [4.78, 5) is 22.7. The minimum Gasteiger partial charge on any atom is -0.480 e. The number of rotatable bonds is 3. The Morgan fingerprint density at radius 3 is 2.53 bits per heavy atom. The number of halogens is 2. The van der Waals surface area contributed by atoms with Crippen molar-refractivity contribution in [3.8, 4) is 0 Å². The van der Waals surface area contributed by atoms with Crippen LogP contribution in [-0.4, -0.2) is 22.5 Å². The summed E-state index contributed by atoms with van der Waals surface area (Å²) in [5.74, 6) is -1.93. The van der Waals surface area contributed by atoms with Gasteiger partial charge in [0.25, 0.3) is 5.91 Å². The molecule has 1 amide bonds. The molecule has 2 N–H and O–H groups in total. The first-order valence-corrected chi connectivity index (χ1v) is 6.03. The van der Waals surface area contributed by atoms with E-state index in [-0.39, 0.29) is 0 Å². The zero-order valence-electron chi connectivity index (χ0n) is 8.67. The van der Waals surface area contributed by atoms with Crippen LogP contribution in [0.15, 0.2) is 18.2 Å². The monoisotopic (exact) mass is 349 g/mol. The minimum absolute atomic E-state index is 0.291. The van der Waals surface area contributed by atoms with Crippen molar-refractivity contribution in [1.82, 2.24) is 5.32 Å². The van der Waals surface area contributed by atoms with Crippen LogP contribution in [0, 0.1) is 9.39 Å². The topological polar surface area (TPSA) is 66.4 Å². The van der Waals surface area contributed by atoms with Crippen molar-refractivity contribution in [1.29, 1.82) is 0 Å². The summed E-state index contributed by atoms with van der Waals surface area (Å²) in [5.41, 5.74) is -0.825. The van der Waals surface area contributed by atoms with Crippen LogP contribution in [0.1, 0.15) is 23.2 Å². The Hall–Kier alpha value is -1.18. The summed E-state index contributed by atoms with van der Waals surface area (Å²) in [7, 11) is 0. The molecule has 0 spiro atoms. The lowest BCUT2D eigenvalue weighted by atomic mass is 10.2. The predicted octanol–water partition coefficient (Wildman–Crippen LogP) is 1.78. The number of carbonyl (C=O) groups excluding carboxylic acids is 1. The van der Waals surface area contributed by atoms with Crippen molar-refractivity contribution in [3.05, 3.63) is 33.1 Å². The molecule has 0 aromatic heterocycles. The maximum Gasteiger partial charge on any atom is 0.329 e. The number of carbonyl (C=O) groups is 2. The van der Waals surface area contributed by atoms with E-state index >= 15 is 0 Å². The largest absolute Gasteiger partial charge is 0.480 e. The summed E-state index contributed by atoms with van der Waals surface area (Å²) in [6.07, 6.45) is 0.873. The van der Waals surface area contributed by atoms with Gasteiger partial charge in [-0.25, -0.2) is 9.18 Å². The van der Waals surface area contributed by atoms with E-state index in [4.69, 9.17) is 5.11 Å². The number of benzene rings is 1. The Morgan fingerprint density at radius 1 is 1.41 bits per heavy atom. The van der Waals surface area contributed by atoms with Gasteiger partial charge in [0.15, 0.2) is 0 Å². The van der Waals surface area contributed by atoms with E-state index in [1.54, 1.807) is 0 Å². The summed E-state index contributed by atoms with van der Waals surface area (Å²) >= 11 is 1.84. The number of hydrogen-bond acceptors (Lipinski definition) is 2. The van der Waals surface area contributed by atoms with Crippen LogP contribution in [0.25, 0.3) is 0 Å². The second-order valence-corrected chi connectivity index (χ2v) is 5.13. The molecule has 0 heterocycles. The molecule has 4 nitrogen and oxygen atoms in total. The summed E-state index contributed by atoms with van der Waals surface area (Å²) in [6, 6.07) is 3.76. The van der Waals surface area contributed by atoms with Crippen LogP contribution >= 0.6 is 22.6 Å². The molecule has 0 bridgehead atoms. The van der Waals surface area contributed by atoms with Crippen LogP contribution in [0.5, 0.6) is 0 Å². The third-order valence-electron chi connectivity index (χ3n) is 2.69. The van der Waals surface area contributed by atoms with Crippen LogP contribution in [0.2, 0.25) is 0 Å². The maximum absolute atomic E-state index is 12.9. The molecular formula is C11H9FINO3. The molecule has 0 unspecified atom stereocenters. The molecular weight excluding hydrogens is 340 g/mol. The lowest BCUT2D eigenvalue weighted by Crippen LogP contribution is -2.43. The average Bonchev–Trinajstić information content (AvgIpc) is 2.98. The molecule has 1 fully saturated rings. The third-order valence-corrected chi connectivity index (χ3v) is 3.58. The lowest BCUT2D eigenvalue weighted by molar-refractivity contribution is -0.140. The highest BCUT2D eigenvalue weighted by molar-refractivity contribution is 14.1. The molecule has 0 atom stereocenters. The standard InChI is InChI=1S/C11H9FINO3/c12-6-1-2-7(8(13)5-6)9(15)14-11(3-4-11)10(16)17/h1-2,5H,3-4H2,(H,14,15)(H,16,17). The maximum atomic E-state index is 12.9.